The molecule has 1 saturated heterocycles. The van der Waals surface area contributed by atoms with Gasteiger partial charge in [-0.3, -0.25) is 0 Å². The van der Waals surface area contributed by atoms with Gasteiger partial charge in [0.2, 0.25) is 0 Å². The summed E-state index contributed by atoms with van der Waals surface area (Å²) in [4.78, 5) is 10.9. The third-order valence-electron chi connectivity index (χ3n) is 3.88. The predicted molar refractivity (Wildman–Crippen MR) is 84.1 cm³/mol. The van der Waals surface area contributed by atoms with Crippen LogP contribution < -0.4 is 16.2 Å². The smallest absolute Gasteiger partial charge is 0.152 e. The fraction of sp³-hybridized carbons (Fsp3) is 0.692. The van der Waals surface area contributed by atoms with Crippen LogP contribution in [0.25, 0.3) is 0 Å². The van der Waals surface area contributed by atoms with Crippen LogP contribution in [0.2, 0.25) is 0 Å². The molecule has 1 atom stereocenters. The van der Waals surface area contributed by atoms with Crippen molar-refractivity contribution in [3.05, 3.63) is 11.4 Å². The fourth-order valence-corrected chi connectivity index (χ4v) is 4.29. The van der Waals surface area contributed by atoms with Gasteiger partial charge in [-0.2, -0.15) is 0 Å². The maximum Gasteiger partial charge on any atom is 0.152 e. The van der Waals surface area contributed by atoms with Crippen LogP contribution in [0.5, 0.6) is 0 Å². The number of nitrogens with two attached hydrogens (primary N) is 1. The van der Waals surface area contributed by atoms with Gasteiger partial charge >= 0.3 is 0 Å². The number of nitrogen functional groups attached to an aromatic ring is 1. The zero-order valence-electron chi connectivity index (χ0n) is 12.9. The third kappa shape index (κ3) is 3.26. The molecule has 1 aromatic rings. The molecule has 8 heteroatoms. The van der Waals surface area contributed by atoms with Crippen LogP contribution in [0.1, 0.15) is 37.6 Å². The van der Waals surface area contributed by atoms with Gasteiger partial charge in [-0.05, 0) is 13.3 Å². The summed E-state index contributed by atoms with van der Waals surface area (Å²) in [5.41, 5.74) is 3.42. The normalized spacial score (nSPS) is 20.8. The van der Waals surface area contributed by atoms with Gasteiger partial charge in [0.05, 0.1) is 11.5 Å². The molecule has 0 aliphatic carbocycles. The Hall–Kier alpha value is -1.41. The lowest BCUT2D eigenvalue weighted by atomic mass is 10.1. The second-order valence-corrected chi connectivity index (χ2v) is 8.07. The van der Waals surface area contributed by atoms with Crippen LogP contribution in [0, 0.1) is 6.92 Å². The summed E-state index contributed by atoms with van der Waals surface area (Å²) < 4.78 is 23.3. The number of rotatable bonds is 4. The maximum absolute atomic E-state index is 11.7. The predicted octanol–water partition coefficient (Wildman–Crippen LogP) is 0.817. The van der Waals surface area contributed by atoms with E-state index in [1.54, 1.807) is 0 Å². The maximum atomic E-state index is 11.7. The molecule has 118 valence electrons. The van der Waals surface area contributed by atoms with Crippen LogP contribution >= 0.6 is 0 Å². The summed E-state index contributed by atoms with van der Waals surface area (Å²) >= 11 is 0. The summed E-state index contributed by atoms with van der Waals surface area (Å²) in [6.45, 7) is 5.90. The average Bonchev–Trinajstić information content (AvgIpc) is 2.78. The second-order valence-electron chi connectivity index (χ2n) is 5.85. The fourth-order valence-electron chi connectivity index (χ4n) is 2.52. The molecular weight excluding hydrogens is 290 g/mol. The van der Waals surface area contributed by atoms with Gasteiger partial charge in [0.25, 0.3) is 0 Å². The number of sulfone groups is 1. The van der Waals surface area contributed by atoms with Gasteiger partial charge in [-0.1, -0.05) is 13.8 Å². The number of nitrogens with zero attached hydrogens (tertiary/aromatic N) is 3. The molecule has 3 N–H and O–H groups in total. The molecule has 0 radical (unpaired) electrons. The SMILES string of the molecule is Cc1c(NN)nc(C(C)C)nc1N(C)C1CCS(=O)(=O)C1. The van der Waals surface area contributed by atoms with Gasteiger partial charge < -0.3 is 10.3 Å². The highest BCUT2D eigenvalue weighted by Gasteiger charge is 2.32. The number of hydrogen-bond donors (Lipinski definition) is 2. The quantitative estimate of drug-likeness (QED) is 0.626. The van der Waals surface area contributed by atoms with Crippen molar-refractivity contribution in [2.24, 2.45) is 5.84 Å². The van der Waals surface area contributed by atoms with Gasteiger partial charge in [0.15, 0.2) is 9.84 Å². The van der Waals surface area contributed by atoms with Crippen molar-refractivity contribution < 1.29 is 8.42 Å². The Morgan fingerprint density at radius 2 is 2.05 bits per heavy atom. The van der Waals surface area contributed by atoms with E-state index in [2.05, 4.69) is 15.4 Å². The van der Waals surface area contributed by atoms with Gasteiger partial charge in [0, 0.05) is 24.6 Å². The van der Waals surface area contributed by atoms with E-state index in [0.717, 1.165) is 11.4 Å². The van der Waals surface area contributed by atoms with Crippen molar-refractivity contribution in [3.8, 4) is 0 Å². The highest BCUT2D eigenvalue weighted by Crippen LogP contribution is 2.28. The summed E-state index contributed by atoms with van der Waals surface area (Å²) in [5, 5.41) is 0. The molecule has 1 fully saturated rings. The summed E-state index contributed by atoms with van der Waals surface area (Å²) in [7, 11) is -1.05. The van der Waals surface area contributed by atoms with Crippen LogP contribution in [-0.4, -0.2) is 43.0 Å². The van der Waals surface area contributed by atoms with E-state index in [1.807, 2.05) is 32.7 Å². The Bertz CT molecular complexity index is 630. The van der Waals surface area contributed by atoms with Crippen molar-refractivity contribution in [1.82, 2.24) is 9.97 Å². The van der Waals surface area contributed by atoms with E-state index in [0.29, 0.717) is 18.1 Å². The molecule has 2 heterocycles. The average molecular weight is 313 g/mol. The Morgan fingerprint density at radius 1 is 1.38 bits per heavy atom. The largest absolute Gasteiger partial charge is 0.355 e. The number of hydrazine groups is 1. The summed E-state index contributed by atoms with van der Waals surface area (Å²) in [6, 6.07) is -0.0470. The van der Waals surface area contributed by atoms with Gasteiger partial charge in [0.1, 0.15) is 17.5 Å². The highest BCUT2D eigenvalue weighted by molar-refractivity contribution is 7.91. The lowest BCUT2D eigenvalue weighted by molar-refractivity contribution is 0.600. The topological polar surface area (TPSA) is 101 Å². The lowest BCUT2D eigenvalue weighted by Crippen LogP contribution is -2.34. The second kappa shape index (κ2) is 5.76. The molecule has 1 aliphatic heterocycles. The molecule has 7 nitrogen and oxygen atoms in total. The number of hydrogen-bond acceptors (Lipinski definition) is 7. The Labute approximate surface area is 125 Å². The monoisotopic (exact) mass is 313 g/mol. The molecule has 0 aromatic carbocycles. The first-order chi connectivity index (χ1) is 9.75. The van der Waals surface area contributed by atoms with Crippen molar-refractivity contribution in [3.63, 3.8) is 0 Å². The van der Waals surface area contributed by atoms with E-state index in [1.165, 1.54) is 0 Å². The minimum atomic E-state index is -2.93. The molecule has 1 unspecified atom stereocenters. The van der Waals surface area contributed by atoms with Gasteiger partial charge in [-0.25, -0.2) is 24.2 Å². The number of anilines is 2. The van der Waals surface area contributed by atoms with Crippen molar-refractivity contribution in [2.75, 3.05) is 28.9 Å². The van der Waals surface area contributed by atoms with Crippen molar-refractivity contribution in [2.45, 2.75) is 39.2 Å². The molecule has 21 heavy (non-hydrogen) atoms. The van der Waals surface area contributed by atoms with E-state index >= 15 is 0 Å². The molecule has 0 spiro atoms. The van der Waals surface area contributed by atoms with E-state index < -0.39 is 9.84 Å². The lowest BCUT2D eigenvalue weighted by Gasteiger charge is -2.27. The van der Waals surface area contributed by atoms with Gasteiger partial charge in [-0.15, -0.1) is 0 Å². The zero-order valence-corrected chi connectivity index (χ0v) is 13.7. The molecule has 0 amide bonds. The molecule has 1 aromatic heterocycles. The van der Waals surface area contributed by atoms with Crippen molar-refractivity contribution >= 4 is 21.5 Å². The minimum Gasteiger partial charge on any atom is -0.355 e. The first-order valence-electron chi connectivity index (χ1n) is 7.03. The standard InChI is InChI=1S/C13H23N5O2S/c1-8(2)11-15-12(17-14)9(3)13(16-11)18(4)10-5-6-21(19,20)7-10/h8,10H,5-7,14H2,1-4H3,(H,15,16,17). The van der Waals surface area contributed by atoms with E-state index in [4.69, 9.17) is 5.84 Å². The Balaban J connectivity index is 2.40. The summed E-state index contributed by atoms with van der Waals surface area (Å²) in [5.74, 6) is 8.12. The highest BCUT2D eigenvalue weighted by atomic mass is 32.2. The molecule has 1 aliphatic rings. The minimum absolute atomic E-state index is 0.0470. The van der Waals surface area contributed by atoms with Crippen LogP contribution in [0.15, 0.2) is 0 Å². The van der Waals surface area contributed by atoms with E-state index in [-0.39, 0.29) is 23.5 Å². The van der Waals surface area contributed by atoms with E-state index in [9.17, 15) is 8.42 Å². The van der Waals surface area contributed by atoms with Crippen molar-refractivity contribution in [1.29, 1.82) is 0 Å². The first kappa shape index (κ1) is 16.0. The Morgan fingerprint density at radius 3 is 2.52 bits per heavy atom. The van der Waals surface area contributed by atoms with Crippen LogP contribution in [-0.2, 0) is 9.84 Å². The molecular formula is C13H23N5O2S. The van der Waals surface area contributed by atoms with Crippen LogP contribution in [0.4, 0.5) is 11.6 Å². The molecule has 2 rings (SSSR count). The number of aromatic nitrogens is 2. The zero-order chi connectivity index (χ0) is 15.8. The molecule has 0 saturated carbocycles. The third-order valence-corrected chi connectivity index (χ3v) is 5.63. The number of nitrogens with one attached hydrogen (secondary N) is 1. The first-order valence-corrected chi connectivity index (χ1v) is 8.85. The molecule has 0 bridgehead atoms. The summed E-state index contributed by atoms with van der Waals surface area (Å²) in [6.07, 6.45) is 0.630. The van der Waals surface area contributed by atoms with Crippen LogP contribution in [0.3, 0.4) is 0 Å². The Kier molecular flexibility index (Phi) is 4.38.